The zero-order valence-corrected chi connectivity index (χ0v) is 9.79. The maximum atomic E-state index is 11.1. The molecule has 0 aliphatic heterocycles. The molecule has 1 aromatic heterocycles. The number of benzene rings is 1. The minimum Gasteiger partial charge on any atom is -0.468 e. The average Bonchev–Trinajstić information content (AvgIpc) is 2.80. The minimum atomic E-state index is 0.0996. The SMILES string of the molecule is CC(=O)c1ccc(SCc2ccco2)cc1. The van der Waals surface area contributed by atoms with Crippen LogP contribution in [0.5, 0.6) is 0 Å². The van der Waals surface area contributed by atoms with E-state index in [9.17, 15) is 4.79 Å². The fraction of sp³-hybridized carbons (Fsp3) is 0.154. The lowest BCUT2D eigenvalue weighted by molar-refractivity contribution is 0.101. The highest BCUT2D eigenvalue weighted by Gasteiger charge is 2.01. The maximum absolute atomic E-state index is 11.1. The van der Waals surface area contributed by atoms with Crippen molar-refractivity contribution in [3.05, 3.63) is 54.0 Å². The molecule has 3 heteroatoms. The van der Waals surface area contributed by atoms with Crippen LogP contribution in [0.25, 0.3) is 0 Å². The van der Waals surface area contributed by atoms with E-state index in [1.165, 1.54) is 0 Å². The van der Waals surface area contributed by atoms with E-state index < -0.39 is 0 Å². The van der Waals surface area contributed by atoms with Crippen LogP contribution in [-0.4, -0.2) is 5.78 Å². The Morgan fingerprint density at radius 3 is 2.56 bits per heavy atom. The lowest BCUT2D eigenvalue weighted by atomic mass is 10.2. The van der Waals surface area contributed by atoms with E-state index in [1.54, 1.807) is 24.9 Å². The first-order valence-corrected chi connectivity index (χ1v) is 6.00. The van der Waals surface area contributed by atoms with Gasteiger partial charge in [-0.2, -0.15) is 0 Å². The molecule has 0 spiro atoms. The van der Waals surface area contributed by atoms with E-state index >= 15 is 0 Å². The van der Waals surface area contributed by atoms with Crippen molar-refractivity contribution in [2.24, 2.45) is 0 Å². The highest BCUT2D eigenvalue weighted by atomic mass is 32.2. The molecule has 0 saturated heterocycles. The molecule has 0 saturated carbocycles. The molecule has 2 rings (SSSR count). The lowest BCUT2D eigenvalue weighted by Gasteiger charge is -2.00. The van der Waals surface area contributed by atoms with Crippen LogP contribution < -0.4 is 0 Å². The number of rotatable bonds is 4. The van der Waals surface area contributed by atoms with Gasteiger partial charge in [0, 0.05) is 10.5 Å². The molecule has 82 valence electrons. The van der Waals surface area contributed by atoms with Gasteiger partial charge in [-0.05, 0) is 31.2 Å². The number of carbonyl (C=O) groups is 1. The fourth-order valence-electron chi connectivity index (χ4n) is 1.34. The number of carbonyl (C=O) groups excluding carboxylic acids is 1. The number of Topliss-reactive ketones (excluding diaryl/α,β-unsaturated/α-hetero) is 1. The zero-order chi connectivity index (χ0) is 11.4. The van der Waals surface area contributed by atoms with Gasteiger partial charge in [-0.15, -0.1) is 11.8 Å². The number of thioether (sulfide) groups is 1. The first kappa shape index (κ1) is 11.0. The van der Waals surface area contributed by atoms with Gasteiger partial charge in [0.2, 0.25) is 0 Å². The van der Waals surface area contributed by atoms with E-state index in [4.69, 9.17) is 4.42 Å². The van der Waals surface area contributed by atoms with Gasteiger partial charge in [-0.25, -0.2) is 0 Å². The van der Waals surface area contributed by atoms with Gasteiger partial charge >= 0.3 is 0 Å². The summed E-state index contributed by atoms with van der Waals surface area (Å²) < 4.78 is 5.24. The van der Waals surface area contributed by atoms with Crippen molar-refractivity contribution in [3.63, 3.8) is 0 Å². The zero-order valence-electron chi connectivity index (χ0n) is 8.97. The van der Waals surface area contributed by atoms with Crippen LogP contribution in [0.15, 0.2) is 52.0 Å². The third-order valence-corrected chi connectivity index (χ3v) is 3.26. The van der Waals surface area contributed by atoms with Gasteiger partial charge in [0.15, 0.2) is 5.78 Å². The molecule has 0 bridgehead atoms. The average molecular weight is 232 g/mol. The van der Waals surface area contributed by atoms with Crippen LogP contribution in [0, 0.1) is 0 Å². The summed E-state index contributed by atoms with van der Waals surface area (Å²) in [4.78, 5) is 12.2. The molecular weight excluding hydrogens is 220 g/mol. The summed E-state index contributed by atoms with van der Waals surface area (Å²) >= 11 is 1.69. The Kier molecular flexibility index (Phi) is 3.47. The molecule has 0 radical (unpaired) electrons. The van der Waals surface area contributed by atoms with Gasteiger partial charge < -0.3 is 4.42 Å². The highest BCUT2D eigenvalue weighted by Crippen LogP contribution is 2.23. The molecule has 0 aliphatic rings. The summed E-state index contributed by atoms with van der Waals surface area (Å²) in [7, 11) is 0. The quantitative estimate of drug-likeness (QED) is 0.593. The predicted octanol–water partition coefficient (Wildman–Crippen LogP) is 3.77. The molecule has 1 aromatic carbocycles. The van der Waals surface area contributed by atoms with Crippen LogP contribution in [0.1, 0.15) is 23.0 Å². The maximum Gasteiger partial charge on any atom is 0.159 e. The molecule has 0 N–H and O–H groups in total. The molecule has 0 fully saturated rings. The first-order valence-electron chi connectivity index (χ1n) is 5.02. The fourth-order valence-corrected chi connectivity index (χ4v) is 2.14. The Hall–Kier alpha value is -1.48. The smallest absolute Gasteiger partial charge is 0.159 e. The second-order valence-electron chi connectivity index (χ2n) is 3.45. The topological polar surface area (TPSA) is 30.2 Å². The second kappa shape index (κ2) is 5.03. The third kappa shape index (κ3) is 2.76. The summed E-state index contributed by atoms with van der Waals surface area (Å²) in [6.45, 7) is 1.57. The Morgan fingerprint density at radius 2 is 2.00 bits per heavy atom. The van der Waals surface area contributed by atoms with Crippen molar-refractivity contribution < 1.29 is 9.21 Å². The van der Waals surface area contributed by atoms with Gasteiger partial charge in [0.25, 0.3) is 0 Å². The minimum absolute atomic E-state index is 0.0996. The summed E-state index contributed by atoms with van der Waals surface area (Å²) in [6, 6.07) is 11.5. The molecule has 0 amide bonds. The van der Waals surface area contributed by atoms with E-state index in [-0.39, 0.29) is 5.78 Å². The second-order valence-corrected chi connectivity index (χ2v) is 4.50. The standard InChI is InChI=1S/C13H12O2S/c1-10(14)11-4-6-13(7-5-11)16-9-12-3-2-8-15-12/h2-8H,9H2,1H3. The van der Waals surface area contributed by atoms with Crippen LogP contribution in [0.2, 0.25) is 0 Å². The number of hydrogen-bond donors (Lipinski definition) is 0. The summed E-state index contributed by atoms with van der Waals surface area (Å²) in [5, 5.41) is 0. The molecule has 0 unspecified atom stereocenters. The molecule has 2 nitrogen and oxygen atoms in total. The van der Waals surface area contributed by atoms with Crippen molar-refractivity contribution in [2.75, 3.05) is 0 Å². The Labute approximate surface area is 98.7 Å². The summed E-state index contributed by atoms with van der Waals surface area (Å²) in [5.74, 6) is 1.87. The van der Waals surface area contributed by atoms with Crippen molar-refractivity contribution in [1.29, 1.82) is 0 Å². The van der Waals surface area contributed by atoms with Crippen molar-refractivity contribution in [3.8, 4) is 0 Å². The van der Waals surface area contributed by atoms with E-state index in [1.807, 2.05) is 36.4 Å². The number of ketones is 1. The highest BCUT2D eigenvalue weighted by molar-refractivity contribution is 7.98. The molecule has 2 aromatic rings. The largest absolute Gasteiger partial charge is 0.468 e. The van der Waals surface area contributed by atoms with Crippen molar-refractivity contribution in [2.45, 2.75) is 17.6 Å². The Morgan fingerprint density at radius 1 is 1.25 bits per heavy atom. The Bertz CT molecular complexity index is 457. The summed E-state index contributed by atoms with van der Waals surface area (Å²) in [5.41, 5.74) is 0.752. The first-order chi connectivity index (χ1) is 7.75. The van der Waals surface area contributed by atoms with Gasteiger partial charge in [0.1, 0.15) is 5.76 Å². The van der Waals surface area contributed by atoms with Crippen LogP contribution in [-0.2, 0) is 5.75 Å². The van der Waals surface area contributed by atoms with E-state index in [2.05, 4.69) is 0 Å². The number of furan rings is 1. The van der Waals surface area contributed by atoms with Crippen molar-refractivity contribution in [1.82, 2.24) is 0 Å². The molecule has 1 heterocycles. The van der Waals surface area contributed by atoms with E-state index in [0.29, 0.717) is 0 Å². The van der Waals surface area contributed by atoms with Crippen LogP contribution in [0.3, 0.4) is 0 Å². The molecular formula is C13H12O2S. The normalized spacial score (nSPS) is 10.3. The van der Waals surface area contributed by atoms with Crippen LogP contribution >= 0.6 is 11.8 Å². The molecule has 0 aliphatic carbocycles. The lowest BCUT2D eigenvalue weighted by Crippen LogP contribution is -1.90. The Balaban J connectivity index is 1.98. The third-order valence-electron chi connectivity index (χ3n) is 2.22. The van der Waals surface area contributed by atoms with Gasteiger partial charge in [0.05, 0.1) is 12.0 Å². The summed E-state index contributed by atoms with van der Waals surface area (Å²) in [6.07, 6.45) is 1.68. The number of hydrogen-bond acceptors (Lipinski definition) is 3. The van der Waals surface area contributed by atoms with Crippen molar-refractivity contribution >= 4 is 17.5 Å². The van der Waals surface area contributed by atoms with E-state index in [0.717, 1.165) is 22.0 Å². The van der Waals surface area contributed by atoms with Crippen LogP contribution in [0.4, 0.5) is 0 Å². The molecule has 16 heavy (non-hydrogen) atoms. The van der Waals surface area contributed by atoms with Gasteiger partial charge in [-0.3, -0.25) is 4.79 Å². The predicted molar refractivity (Wildman–Crippen MR) is 64.7 cm³/mol. The monoisotopic (exact) mass is 232 g/mol. The molecule has 0 atom stereocenters. The van der Waals surface area contributed by atoms with Gasteiger partial charge in [-0.1, -0.05) is 12.1 Å².